The van der Waals surface area contributed by atoms with Crippen LogP contribution in [0.25, 0.3) is 0 Å². The van der Waals surface area contributed by atoms with Gasteiger partial charge in [-0.2, -0.15) is 0 Å². The number of hydrogen-bond donors (Lipinski definition) is 1. The van der Waals surface area contributed by atoms with E-state index >= 15 is 0 Å². The fourth-order valence-electron chi connectivity index (χ4n) is 0.978. The molecule has 0 aliphatic heterocycles. The molecule has 1 aromatic carbocycles. The largest absolute Gasteiger partial charge is 0.573 e. The summed E-state index contributed by atoms with van der Waals surface area (Å²) in [6, 6.07) is 4.84. The third-order valence-electron chi connectivity index (χ3n) is 1.73. The summed E-state index contributed by atoms with van der Waals surface area (Å²) in [6.07, 6.45) is -4.72. The Labute approximate surface area is 95.9 Å². The molecular formula is C11H10F3NO2. The van der Waals surface area contributed by atoms with Crippen molar-refractivity contribution < 1.29 is 22.7 Å². The molecule has 0 aliphatic rings. The van der Waals surface area contributed by atoms with Crippen LogP contribution in [-0.4, -0.2) is 12.3 Å². The van der Waals surface area contributed by atoms with Gasteiger partial charge < -0.3 is 10.1 Å². The number of carbonyl (C=O) groups excluding carboxylic acids is 1. The molecule has 1 rings (SSSR count). The van der Waals surface area contributed by atoms with Gasteiger partial charge in [0.05, 0.1) is 0 Å². The molecule has 0 radical (unpaired) electrons. The minimum Gasteiger partial charge on any atom is -0.406 e. The summed E-state index contributed by atoms with van der Waals surface area (Å²) in [4.78, 5) is 11.2. The topological polar surface area (TPSA) is 38.3 Å². The van der Waals surface area contributed by atoms with Crippen molar-refractivity contribution in [1.82, 2.24) is 0 Å². The number of carbonyl (C=O) groups is 1. The van der Waals surface area contributed by atoms with Crippen molar-refractivity contribution in [2.24, 2.45) is 0 Å². The van der Waals surface area contributed by atoms with Crippen molar-refractivity contribution in [3.8, 4) is 5.75 Å². The first-order valence-electron chi connectivity index (χ1n) is 4.60. The van der Waals surface area contributed by atoms with Crippen molar-refractivity contribution in [3.05, 3.63) is 36.4 Å². The molecular weight excluding hydrogens is 235 g/mol. The molecule has 0 aromatic heterocycles. The molecule has 17 heavy (non-hydrogen) atoms. The second-order valence-corrected chi connectivity index (χ2v) is 3.31. The van der Waals surface area contributed by atoms with Crippen molar-refractivity contribution in [2.45, 2.75) is 13.3 Å². The highest BCUT2D eigenvalue weighted by atomic mass is 19.4. The first kappa shape index (κ1) is 13.1. The summed E-state index contributed by atoms with van der Waals surface area (Å²) in [5, 5.41) is 2.46. The van der Waals surface area contributed by atoms with E-state index in [2.05, 4.69) is 16.6 Å². The zero-order chi connectivity index (χ0) is 13.1. The Hall–Kier alpha value is -1.98. The van der Waals surface area contributed by atoms with Crippen molar-refractivity contribution >= 4 is 11.6 Å². The smallest absolute Gasteiger partial charge is 0.406 e. The van der Waals surface area contributed by atoms with E-state index in [1.165, 1.54) is 19.1 Å². The van der Waals surface area contributed by atoms with Crippen LogP contribution in [0.3, 0.4) is 0 Å². The van der Waals surface area contributed by atoms with Crippen LogP contribution >= 0.6 is 0 Å². The van der Waals surface area contributed by atoms with E-state index < -0.39 is 12.3 Å². The third kappa shape index (κ3) is 4.58. The van der Waals surface area contributed by atoms with Gasteiger partial charge in [0.25, 0.3) is 5.91 Å². The predicted molar refractivity (Wildman–Crippen MR) is 56.6 cm³/mol. The maximum absolute atomic E-state index is 11.9. The summed E-state index contributed by atoms with van der Waals surface area (Å²) in [6.45, 7) is 4.96. The second kappa shape index (κ2) is 4.90. The number of benzene rings is 1. The quantitative estimate of drug-likeness (QED) is 0.831. The Morgan fingerprint density at radius 3 is 2.24 bits per heavy atom. The van der Waals surface area contributed by atoms with E-state index in [-0.39, 0.29) is 5.75 Å². The number of amides is 1. The van der Waals surface area contributed by atoms with Crippen LogP contribution in [-0.2, 0) is 4.79 Å². The minimum atomic E-state index is -4.72. The van der Waals surface area contributed by atoms with Gasteiger partial charge in [-0.15, -0.1) is 13.2 Å². The lowest BCUT2D eigenvalue weighted by molar-refractivity contribution is -0.274. The average Bonchev–Trinajstić information content (AvgIpc) is 2.18. The van der Waals surface area contributed by atoms with Crippen LogP contribution in [0.5, 0.6) is 5.75 Å². The van der Waals surface area contributed by atoms with Crippen LogP contribution in [0.4, 0.5) is 18.9 Å². The molecule has 1 amide bonds. The lowest BCUT2D eigenvalue weighted by Crippen LogP contribution is -2.17. The molecule has 0 unspecified atom stereocenters. The second-order valence-electron chi connectivity index (χ2n) is 3.31. The molecule has 6 heteroatoms. The summed E-state index contributed by atoms with van der Waals surface area (Å²) >= 11 is 0. The summed E-state index contributed by atoms with van der Waals surface area (Å²) in [7, 11) is 0. The molecule has 1 aromatic rings. The van der Waals surface area contributed by atoms with Crippen LogP contribution in [0.1, 0.15) is 6.92 Å². The van der Waals surface area contributed by atoms with Gasteiger partial charge in [0, 0.05) is 11.3 Å². The minimum absolute atomic E-state index is 0.306. The Kier molecular flexibility index (Phi) is 3.77. The summed E-state index contributed by atoms with van der Waals surface area (Å²) in [5.41, 5.74) is 0.674. The van der Waals surface area contributed by atoms with Gasteiger partial charge in [0.2, 0.25) is 0 Å². The number of hydrogen-bond acceptors (Lipinski definition) is 2. The van der Waals surface area contributed by atoms with Gasteiger partial charge in [-0.1, -0.05) is 6.58 Å². The van der Waals surface area contributed by atoms with Gasteiger partial charge in [-0.25, -0.2) is 0 Å². The average molecular weight is 245 g/mol. The zero-order valence-corrected chi connectivity index (χ0v) is 8.97. The standard InChI is InChI=1S/C11H10F3NO2/c1-7(2)10(16)15-8-3-5-9(6-4-8)17-11(12,13)14/h3-6H,1H2,2H3,(H,15,16). The zero-order valence-electron chi connectivity index (χ0n) is 8.97. The number of halogens is 3. The SMILES string of the molecule is C=C(C)C(=O)Nc1ccc(OC(F)(F)F)cc1. The predicted octanol–water partition coefficient (Wildman–Crippen LogP) is 3.10. The Morgan fingerprint density at radius 2 is 1.82 bits per heavy atom. The van der Waals surface area contributed by atoms with E-state index in [4.69, 9.17) is 0 Å². The van der Waals surface area contributed by atoms with Gasteiger partial charge in [0.15, 0.2) is 0 Å². The Balaban J connectivity index is 2.68. The van der Waals surface area contributed by atoms with Crippen LogP contribution < -0.4 is 10.1 Å². The summed E-state index contributed by atoms with van der Waals surface area (Å²) < 4.78 is 39.2. The number of ether oxygens (including phenoxy) is 1. The molecule has 1 N–H and O–H groups in total. The van der Waals surface area contributed by atoms with Gasteiger partial charge in [-0.3, -0.25) is 4.79 Å². The van der Waals surface area contributed by atoms with Crippen LogP contribution in [0.2, 0.25) is 0 Å². The molecule has 92 valence electrons. The van der Waals surface area contributed by atoms with E-state index in [0.29, 0.717) is 11.3 Å². The molecule has 0 spiro atoms. The molecule has 0 aliphatic carbocycles. The monoisotopic (exact) mass is 245 g/mol. The molecule has 0 bridgehead atoms. The maximum atomic E-state index is 11.9. The lowest BCUT2D eigenvalue weighted by Gasteiger charge is -2.09. The first-order chi connectivity index (χ1) is 7.78. The normalized spacial score (nSPS) is 10.8. The molecule has 0 saturated heterocycles. The Bertz CT molecular complexity index is 423. The van der Waals surface area contributed by atoms with E-state index in [9.17, 15) is 18.0 Å². The Morgan fingerprint density at radius 1 is 1.29 bits per heavy atom. The molecule has 0 fully saturated rings. The van der Waals surface area contributed by atoms with Crippen molar-refractivity contribution in [1.29, 1.82) is 0 Å². The third-order valence-corrected chi connectivity index (χ3v) is 1.73. The van der Waals surface area contributed by atoms with Gasteiger partial charge in [0.1, 0.15) is 5.75 Å². The van der Waals surface area contributed by atoms with E-state index in [0.717, 1.165) is 12.1 Å². The van der Waals surface area contributed by atoms with E-state index in [1.807, 2.05) is 0 Å². The number of anilines is 1. The molecule has 0 atom stereocenters. The fraction of sp³-hybridized carbons (Fsp3) is 0.182. The highest BCUT2D eigenvalue weighted by molar-refractivity contribution is 6.02. The molecule has 3 nitrogen and oxygen atoms in total. The molecule has 0 saturated carbocycles. The molecule has 0 heterocycles. The lowest BCUT2D eigenvalue weighted by atomic mass is 10.2. The van der Waals surface area contributed by atoms with Gasteiger partial charge in [-0.05, 0) is 31.2 Å². The van der Waals surface area contributed by atoms with E-state index in [1.54, 1.807) is 0 Å². The fourth-order valence-corrected chi connectivity index (χ4v) is 0.978. The number of rotatable bonds is 3. The van der Waals surface area contributed by atoms with Crippen molar-refractivity contribution in [2.75, 3.05) is 5.32 Å². The van der Waals surface area contributed by atoms with Crippen LogP contribution in [0, 0.1) is 0 Å². The van der Waals surface area contributed by atoms with Crippen LogP contribution in [0.15, 0.2) is 36.4 Å². The number of nitrogens with one attached hydrogen (secondary N) is 1. The highest BCUT2D eigenvalue weighted by Crippen LogP contribution is 2.23. The first-order valence-corrected chi connectivity index (χ1v) is 4.60. The maximum Gasteiger partial charge on any atom is 0.573 e. The highest BCUT2D eigenvalue weighted by Gasteiger charge is 2.30. The summed E-state index contributed by atoms with van der Waals surface area (Å²) in [5.74, 6) is -0.736. The van der Waals surface area contributed by atoms with Crippen molar-refractivity contribution in [3.63, 3.8) is 0 Å². The number of alkyl halides is 3. The van der Waals surface area contributed by atoms with Gasteiger partial charge >= 0.3 is 6.36 Å².